The summed E-state index contributed by atoms with van der Waals surface area (Å²) >= 11 is 6.38. The third-order valence-corrected chi connectivity index (χ3v) is 5.49. The van der Waals surface area contributed by atoms with Crippen LogP contribution in [0.3, 0.4) is 0 Å². The Morgan fingerprint density at radius 3 is 2.77 bits per heavy atom. The number of hydrogen-bond acceptors (Lipinski definition) is 2. The number of hydrogen-bond donors (Lipinski definition) is 1. The Balaban J connectivity index is 1.62. The van der Waals surface area contributed by atoms with Crippen molar-refractivity contribution in [3.05, 3.63) is 53.3 Å². The number of aromatic nitrogens is 2. The molecular formula is C22H23ClN2O. The van der Waals surface area contributed by atoms with E-state index in [2.05, 4.69) is 35.3 Å². The molecule has 0 amide bonds. The Kier molecular flexibility index (Phi) is 4.98. The van der Waals surface area contributed by atoms with E-state index in [1.54, 1.807) is 7.11 Å². The van der Waals surface area contributed by atoms with Gasteiger partial charge in [0.1, 0.15) is 11.6 Å². The molecule has 0 unspecified atom stereocenters. The van der Waals surface area contributed by atoms with Crippen LogP contribution in [-0.2, 0) is 0 Å². The van der Waals surface area contributed by atoms with Crippen molar-refractivity contribution < 1.29 is 4.74 Å². The monoisotopic (exact) mass is 366 g/mol. The quantitative estimate of drug-likeness (QED) is 0.573. The van der Waals surface area contributed by atoms with E-state index >= 15 is 0 Å². The first kappa shape index (κ1) is 17.2. The molecule has 26 heavy (non-hydrogen) atoms. The second kappa shape index (κ2) is 7.55. The van der Waals surface area contributed by atoms with Gasteiger partial charge in [0.05, 0.1) is 18.1 Å². The Morgan fingerprint density at radius 1 is 1.12 bits per heavy atom. The normalized spacial score (nSPS) is 15.8. The van der Waals surface area contributed by atoms with E-state index in [0.29, 0.717) is 10.9 Å². The lowest BCUT2D eigenvalue weighted by molar-refractivity contribution is 0.415. The van der Waals surface area contributed by atoms with E-state index in [9.17, 15) is 0 Å². The number of nitrogens with one attached hydrogen (secondary N) is 1. The Hall–Kier alpha value is -2.26. The highest BCUT2D eigenvalue weighted by Gasteiger charge is 2.11. The third-order valence-electron chi connectivity index (χ3n) is 5.16. The molecular weight excluding hydrogens is 344 g/mol. The van der Waals surface area contributed by atoms with Gasteiger partial charge < -0.3 is 9.72 Å². The highest BCUT2D eigenvalue weighted by atomic mass is 35.5. The van der Waals surface area contributed by atoms with Crippen LogP contribution in [0.4, 0.5) is 0 Å². The maximum atomic E-state index is 6.38. The van der Waals surface area contributed by atoms with Gasteiger partial charge in [-0.2, -0.15) is 0 Å². The average molecular weight is 367 g/mol. The van der Waals surface area contributed by atoms with Gasteiger partial charge in [-0.1, -0.05) is 43.0 Å². The van der Waals surface area contributed by atoms with Crippen LogP contribution < -0.4 is 4.74 Å². The number of ether oxygens (including phenoxy) is 1. The Labute approximate surface area is 159 Å². The number of fused-ring (bicyclic) bond motifs is 1. The van der Waals surface area contributed by atoms with Gasteiger partial charge in [-0.15, -0.1) is 0 Å². The second-order valence-electron chi connectivity index (χ2n) is 6.96. The SMILES string of the molecule is COc1ccc(Cl)c(-c2ccc3[nH]c(/C=C/C4CCCCC4)nc3c2)c1. The molecule has 1 aliphatic rings. The van der Waals surface area contributed by atoms with E-state index in [1.165, 1.54) is 32.1 Å². The number of benzene rings is 2. The smallest absolute Gasteiger partial charge is 0.130 e. The van der Waals surface area contributed by atoms with Crippen LogP contribution in [0, 0.1) is 5.92 Å². The number of aromatic amines is 1. The first-order chi connectivity index (χ1) is 12.7. The Morgan fingerprint density at radius 2 is 1.96 bits per heavy atom. The molecule has 3 nitrogen and oxygen atoms in total. The third kappa shape index (κ3) is 3.63. The fraction of sp³-hybridized carbons (Fsp3) is 0.318. The second-order valence-corrected chi connectivity index (χ2v) is 7.36. The van der Waals surface area contributed by atoms with Gasteiger partial charge in [-0.25, -0.2) is 4.98 Å². The summed E-state index contributed by atoms with van der Waals surface area (Å²) in [5.74, 6) is 2.41. The number of allylic oxidation sites excluding steroid dienone is 1. The van der Waals surface area contributed by atoms with Crippen LogP contribution >= 0.6 is 11.6 Å². The van der Waals surface area contributed by atoms with E-state index < -0.39 is 0 Å². The number of H-pyrrole nitrogens is 1. The van der Waals surface area contributed by atoms with Crippen molar-refractivity contribution in [2.75, 3.05) is 7.11 Å². The number of rotatable bonds is 4. The zero-order chi connectivity index (χ0) is 17.9. The molecule has 4 heteroatoms. The van der Waals surface area contributed by atoms with Gasteiger partial charge in [0.15, 0.2) is 0 Å². The molecule has 1 heterocycles. The van der Waals surface area contributed by atoms with Gasteiger partial charge >= 0.3 is 0 Å². The zero-order valence-corrected chi connectivity index (χ0v) is 15.7. The van der Waals surface area contributed by atoms with E-state index in [-0.39, 0.29) is 0 Å². The predicted octanol–water partition coefficient (Wildman–Crippen LogP) is 6.49. The summed E-state index contributed by atoms with van der Waals surface area (Å²) in [5, 5.41) is 0.707. The van der Waals surface area contributed by atoms with Crippen LogP contribution in [0.15, 0.2) is 42.5 Å². The fourth-order valence-corrected chi connectivity index (χ4v) is 3.91. The van der Waals surface area contributed by atoms with Crippen molar-refractivity contribution in [2.45, 2.75) is 32.1 Å². The summed E-state index contributed by atoms with van der Waals surface area (Å²) in [4.78, 5) is 8.13. The van der Waals surface area contributed by atoms with Crippen LogP contribution in [-0.4, -0.2) is 17.1 Å². The van der Waals surface area contributed by atoms with Crippen molar-refractivity contribution in [3.63, 3.8) is 0 Å². The summed E-state index contributed by atoms with van der Waals surface area (Å²) < 4.78 is 5.32. The molecule has 1 aliphatic carbocycles. The first-order valence-electron chi connectivity index (χ1n) is 9.25. The maximum absolute atomic E-state index is 6.38. The van der Waals surface area contributed by atoms with Gasteiger partial charge in [0.25, 0.3) is 0 Å². The van der Waals surface area contributed by atoms with Crippen LogP contribution in [0.5, 0.6) is 5.75 Å². The molecule has 0 radical (unpaired) electrons. The van der Waals surface area contributed by atoms with Crippen LogP contribution in [0.1, 0.15) is 37.9 Å². The molecule has 1 aromatic heterocycles. The summed E-state index contributed by atoms with van der Waals surface area (Å²) in [7, 11) is 1.66. The minimum atomic E-state index is 0.697. The topological polar surface area (TPSA) is 37.9 Å². The van der Waals surface area contributed by atoms with E-state index in [4.69, 9.17) is 21.3 Å². The molecule has 1 fully saturated rings. The van der Waals surface area contributed by atoms with E-state index in [0.717, 1.165) is 33.7 Å². The minimum Gasteiger partial charge on any atom is -0.497 e. The summed E-state index contributed by atoms with van der Waals surface area (Å²) in [6.07, 6.45) is 11.1. The van der Waals surface area contributed by atoms with Gasteiger partial charge in [-0.05, 0) is 60.7 Å². The van der Waals surface area contributed by atoms with Crippen molar-refractivity contribution in [2.24, 2.45) is 5.92 Å². The number of imidazole rings is 1. The van der Waals surface area contributed by atoms with Crippen molar-refractivity contribution in [1.29, 1.82) is 0 Å². The standard InChI is InChI=1S/C22H23ClN2O/c1-26-17-9-10-19(23)18(14-17)16-8-11-20-21(13-16)25-22(24-20)12-7-15-5-3-2-4-6-15/h7-15H,2-6H2,1H3,(H,24,25)/b12-7+. The first-order valence-corrected chi connectivity index (χ1v) is 9.62. The molecule has 0 saturated heterocycles. The predicted molar refractivity (Wildman–Crippen MR) is 109 cm³/mol. The molecule has 0 atom stereocenters. The van der Waals surface area contributed by atoms with Crippen LogP contribution in [0.25, 0.3) is 28.2 Å². The molecule has 2 aromatic carbocycles. The molecule has 134 valence electrons. The maximum Gasteiger partial charge on any atom is 0.130 e. The lowest BCUT2D eigenvalue weighted by atomic mass is 9.89. The molecule has 1 N–H and O–H groups in total. The molecule has 4 rings (SSSR count). The van der Waals surface area contributed by atoms with Gasteiger partial charge in [0.2, 0.25) is 0 Å². The van der Waals surface area contributed by atoms with Crippen molar-refractivity contribution in [1.82, 2.24) is 9.97 Å². The molecule has 0 spiro atoms. The van der Waals surface area contributed by atoms with Gasteiger partial charge in [-0.3, -0.25) is 0 Å². The fourth-order valence-electron chi connectivity index (χ4n) is 3.68. The molecule has 3 aromatic rings. The summed E-state index contributed by atoms with van der Waals surface area (Å²) in [6.45, 7) is 0. The number of halogens is 1. The molecule has 0 bridgehead atoms. The van der Waals surface area contributed by atoms with Gasteiger partial charge in [0, 0.05) is 10.6 Å². The zero-order valence-electron chi connectivity index (χ0n) is 15.0. The summed E-state index contributed by atoms with van der Waals surface area (Å²) in [5.41, 5.74) is 3.98. The lowest BCUT2D eigenvalue weighted by Gasteiger charge is -2.17. The van der Waals surface area contributed by atoms with Crippen molar-refractivity contribution >= 4 is 28.7 Å². The van der Waals surface area contributed by atoms with Crippen LogP contribution in [0.2, 0.25) is 5.02 Å². The highest BCUT2D eigenvalue weighted by Crippen LogP contribution is 2.33. The molecule has 1 saturated carbocycles. The summed E-state index contributed by atoms with van der Waals surface area (Å²) in [6, 6.07) is 11.9. The highest BCUT2D eigenvalue weighted by molar-refractivity contribution is 6.33. The van der Waals surface area contributed by atoms with E-state index in [1.807, 2.05) is 18.2 Å². The largest absolute Gasteiger partial charge is 0.497 e. The average Bonchev–Trinajstić information content (AvgIpc) is 3.10. The lowest BCUT2D eigenvalue weighted by Crippen LogP contribution is -2.02. The minimum absolute atomic E-state index is 0.697. The number of nitrogens with zero attached hydrogens (tertiary/aromatic N) is 1. The Bertz CT molecular complexity index is 938. The van der Waals surface area contributed by atoms with Crippen molar-refractivity contribution in [3.8, 4) is 16.9 Å². The molecule has 0 aliphatic heterocycles. The number of methoxy groups -OCH3 is 1.